The van der Waals surface area contributed by atoms with Crippen molar-refractivity contribution in [1.82, 2.24) is 19.5 Å². The first-order valence-electron chi connectivity index (χ1n) is 24.0. The van der Waals surface area contributed by atoms with Crippen LogP contribution in [-0.4, -0.2) is 19.5 Å². The van der Waals surface area contributed by atoms with Gasteiger partial charge in [0.15, 0.2) is 17.5 Å². The van der Waals surface area contributed by atoms with Crippen LogP contribution in [0.25, 0.3) is 83.6 Å². The lowest BCUT2D eigenvalue weighted by atomic mass is 9.63. The van der Waals surface area contributed by atoms with Gasteiger partial charge in [-0.25, -0.2) is 15.0 Å². The number of hydrogen-bond donors (Lipinski definition) is 0. The molecule has 0 saturated heterocycles. The Labute approximate surface area is 397 Å². The van der Waals surface area contributed by atoms with Crippen LogP contribution >= 0.6 is 0 Å². The molecule has 0 aliphatic heterocycles. The fraction of sp³-hybridized carbons (Fsp3) is 0.141. The SMILES string of the molecule is CC1(C)CCC(C)(C)c2cc3c(cc21)c1ccccc1n3-c1cccc(-c2nc(-c3ccc4c(c3)C(c3ccccc3)(c3ccccc3)c3ccccc3-4)nc(-c3cccc4ccccc34)n2)c1. The predicted octanol–water partition coefficient (Wildman–Crippen LogP) is 15.8. The molecule has 68 heavy (non-hydrogen) atoms. The molecule has 0 amide bonds. The molecule has 13 rings (SSSR count). The summed E-state index contributed by atoms with van der Waals surface area (Å²) < 4.78 is 2.45. The molecule has 0 radical (unpaired) electrons. The molecular weight excluding hydrogens is 825 g/mol. The van der Waals surface area contributed by atoms with Gasteiger partial charge in [0, 0.05) is 33.2 Å². The Hall–Kier alpha value is -7.95. The fourth-order valence-electron chi connectivity index (χ4n) is 11.9. The van der Waals surface area contributed by atoms with Gasteiger partial charge in [-0.3, -0.25) is 0 Å². The summed E-state index contributed by atoms with van der Waals surface area (Å²) in [5, 5.41) is 4.79. The first-order chi connectivity index (χ1) is 33.2. The number of benzene rings is 9. The summed E-state index contributed by atoms with van der Waals surface area (Å²) in [6.45, 7) is 9.65. The molecule has 0 atom stereocenters. The molecule has 11 aromatic rings. The van der Waals surface area contributed by atoms with E-state index in [1.165, 1.54) is 72.7 Å². The van der Waals surface area contributed by atoms with Gasteiger partial charge in [-0.05, 0) is 115 Å². The Kier molecular flexibility index (Phi) is 8.92. The zero-order valence-corrected chi connectivity index (χ0v) is 38.8. The summed E-state index contributed by atoms with van der Waals surface area (Å²) in [5.74, 6) is 1.90. The van der Waals surface area contributed by atoms with Crippen molar-refractivity contribution < 1.29 is 0 Å². The third-order valence-electron chi connectivity index (χ3n) is 15.4. The molecule has 0 saturated carbocycles. The van der Waals surface area contributed by atoms with Crippen molar-refractivity contribution in [2.75, 3.05) is 0 Å². The van der Waals surface area contributed by atoms with Gasteiger partial charge in [0.1, 0.15) is 0 Å². The van der Waals surface area contributed by atoms with Gasteiger partial charge in [0.25, 0.3) is 0 Å². The normalized spacial score (nSPS) is 15.3. The van der Waals surface area contributed by atoms with E-state index in [0.29, 0.717) is 17.5 Å². The summed E-state index contributed by atoms with van der Waals surface area (Å²) in [5.41, 5.74) is 16.2. The average Bonchev–Trinajstić information content (AvgIpc) is 3.88. The van der Waals surface area contributed by atoms with E-state index in [9.17, 15) is 0 Å². The quantitative estimate of drug-likeness (QED) is 0.167. The molecule has 4 nitrogen and oxygen atoms in total. The van der Waals surface area contributed by atoms with Crippen molar-refractivity contribution >= 4 is 32.6 Å². The zero-order chi connectivity index (χ0) is 45.8. The Balaban J connectivity index is 1.04. The van der Waals surface area contributed by atoms with Crippen LogP contribution in [0.3, 0.4) is 0 Å². The number of hydrogen-bond acceptors (Lipinski definition) is 3. The summed E-state index contributed by atoms with van der Waals surface area (Å²) in [6, 6.07) is 75.2. The number of aromatic nitrogens is 4. The largest absolute Gasteiger partial charge is 0.309 e. The van der Waals surface area contributed by atoms with Crippen LogP contribution in [0.15, 0.2) is 206 Å². The highest BCUT2D eigenvalue weighted by atomic mass is 15.0. The van der Waals surface area contributed by atoms with Crippen LogP contribution < -0.4 is 0 Å². The van der Waals surface area contributed by atoms with Gasteiger partial charge in [-0.15, -0.1) is 0 Å². The first-order valence-corrected chi connectivity index (χ1v) is 24.0. The minimum Gasteiger partial charge on any atom is -0.309 e. The van der Waals surface area contributed by atoms with Gasteiger partial charge >= 0.3 is 0 Å². The van der Waals surface area contributed by atoms with Gasteiger partial charge in [0.05, 0.1) is 16.4 Å². The third-order valence-corrected chi connectivity index (χ3v) is 15.4. The van der Waals surface area contributed by atoms with Gasteiger partial charge in [0.2, 0.25) is 0 Å². The smallest absolute Gasteiger partial charge is 0.164 e. The second kappa shape index (κ2) is 15.0. The third kappa shape index (κ3) is 6.03. The molecule has 0 bridgehead atoms. The molecule has 2 aliphatic rings. The summed E-state index contributed by atoms with van der Waals surface area (Å²) >= 11 is 0. The van der Waals surface area contributed by atoms with Crippen LogP contribution in [-0.2, 0) is 16.2 Å². The van der Waals surface area contributed by atoms with Crippen LogP contribution in [0.2, 0.25) is 0 Å². The Morgan fingerprint density at radius 1 is 0.368 bits per heavy atom. The highest BCUT2D eigenvalue weighted by Crippen LogP contribution is 2.57. The maximum absolute atomic E-state index is 5.46. The first kappa shape index (κ1) is 40.3. The number of para-hydroxylation sites is 1. The Bertz CT molecular complexity index is 3760. The van der Waals surface area contributed by atoms with Crippen molar-refractivity contribution in [1.29, 1.82) is 0 Å². The van der Waals surface area contributed by atoms with E-state index in [0.717, 1.165) is 39.6 Å². The molecule has 0 spiro atoms. The predicted molar refractivity (Wildman–Crippen MR) is 281 cm³/mol. The van der Waals surface area contributed by atoms with E-state index in [-0.39, 0.29) is 10.8 Å². The molecule has 9 aromatic carbocycles. The lowest BCUT2D eigenvalue weighted by molar-refractivity contribution is 0.332. The molecular formula is C64H50N4. The number of rotatable bonds is 6. The maximum atomic E-state index is 5.46. The van der Waals surface area contributed by atoms with Crippen LogP contribution in [0.1, 0.15) is 73.9 Å². The van der Waals surface area contributed by atoms with Crippen molar-refractivity contribution in [3.05, 3.63) is 240 Å². The van der Waals surface area contributed by atoms with E-state index < -0.39 is 5.41 Å². The Morgan fingerprint density at radius 3 is 1.68 bits per heavy atom. The van der Waals surface area contributed by atoms with Gasteiger partial charge in [-0.1, -0.05) is 198 Å². The number of fused-ring (bicyclic) bond motifs is 8. The minimum atomic E-state index is -0.556. The van der Waals surface area contributed by atoms with E-state index in [2.05, 4.69) is 239 Å². The second-order valence-electron chi connectivity index (χ2n) is 20.2. The molecule has 4 heteroatoms. The fourth-order valence-corrected chi connectivity index (χ4v) is 11.9. The van der Waals surface area contributed by atoms with Crippen molar-refractivity contribution in [2.45, 2.75) is 56.8 Å². The van der Waals surface area contributed by atoms with Crippen LogP contribution in [0.4, 0.5) is 0 Å². The topological polar surface area (TPSA) is 43.6 Å². The van der Waals surface area contributed by atoms with Crippen molar-refractivity contribution in [2.24, 2.45) is 0 Å². The standard InChI is InChI=1S/C64H50N4/c1-62(2)35-36-63(3,4)56-40-58-52(39-55(56)62)50-29-14-16-32-57(50)68(58)46-26-17-21-42(37-46)59-65-60(67-61(66-59)51-30-18-20-41-19-11-12-27-47(41)51)43-33-34-49-48-28-13-15-31-53(48)64(54(49)38-43,44-22-7-5-8-23-44)45-24-9-6-10-25-45/h5-34,37-40H,35-36H2,1-4H3. The number of nitrogens with zero attached hydrogens (tertiary/aromatic N) is 4. The lowest BCUT2D eigenvalue weighted by Gasteiger charge is -2.42. The summed E-state index contributed by atoms with van der Waals surface area (Å²) in [6.07, 6.45) is 2.33. The highest BCUT2D eigenvalue weighted by molar-refractivity contribution is 6.10. The maximum Gasteiger partial charge on any atom is 0.164 e. The summed E-state index contributed by atoms with van der Waals surface area (Å²) in [4.78, 5) is 16.3. The highest BCUT2D eigenvalue weighted by Gasteiger charge is 2.46. The van der Waals surface area contributed by atoms with E-state index in [4.69, 9.17) is 15.0 Å². The van der Waals surface area contributed by atoms with Crippen molar-refractivity contribution in [3.8, 4) is 51.0 Å². The molecule has 0 unspecified atom stereocenters. The molecule has 2 aliphatic carbocycles. The van der Waals surface area contributed by atoms with Gasteiger partial charge < -0.3 is 4.57 Å². The monoisotopic (exact) mass is 874 g/mol. The van der Waals surface area contributed by atoms with E-state index in [1.807, 2.05) is 0 Å². The minimum absolute atomic E-state index is 0.0731. The Morgan fingerprint density at radius 2 is 0.926 bits per heavy atom. The molecule has 0 fully saturated rings. The van der Waals surface area contributed by atoms with E-state index >= 15 is 0 Å². The lowest BCUT2D eigenvalue weighted by Crippen LogP contribution is -2.33. The zero-order valence-electron chi connectivity index (χ0n) is 38.8. The summed E-state index contributed by atoms with van der Waals surface area (Å²) in [7, 11) is 0. The molecule has 2 aromatic heterocycles. The molecule has 326 valence electrons. The average molecular weight is 875 g/mol. The van der Waals surface area contributed by atoms with Crippen LogP contribution in [0.5, 0.6) is 0 Å². The second-order valence-corrected chi connectivity index (χ2v) is 20.2. The molecule has 0 N–H and O–H groups in total. The van der Waals surface area contributed by atoms with Crippen molar-refractivity contribution in [3.63, 3.8) is 0 Å². The molecule has 2 heterocycles. The van der Waals surface area contributed by atoms with E-state index in [1.54, 1.807) is 0 Å². The van der Waals surface area contributed by atoms with Gasteiger partial charge in [-0.2, -0.15) is 0 Å². The van der Waals surface area contributed by atoms with Crippen LogP contribution in [0, 0.1) is 0 Å².